The Kier molecular flexibility index (Phi) is 44.1. The van der Waals surface area contributed by atoms with E-state index in [9.17, 15) is 13.2 Å². The first-order chi connectivity index (χ1) is 63.7. The highest BCUT2D eigenvalue weighted by Gasteiger charge is 2.26. The molecular weight excluding hydrogens is 1720 g/mol. The number of aromatic nitrogens is 1. The third-order valence-electron chi connectivity index (χ3n) is 25.7. The molecule has 0 saturated heterocycles. The fourth-order valence-corrected chi connectivity index (χ4v) is 16.1. The SMILES string of the molecule is CC1=C(C)CC(C)(C)CC1.CC1=CCC(C)(C)C=C1C.CC1=CCC(C)(C)CC1.Cc1cc(F)c2c(c1C)CCCO2.Cc1cc(F)c2c(c1C)NCCO2.Cc1ccc(C)c(O)c1.Cc1ccc(C)cc1.Cc1ccc(Cl)cc1.Cc1ccc(Cl)cc1O.Cc1ccc(F)cc1.Cc1ccc2c(c1C)CCCO2.Cc1ccc2c(c1C)NCCO2.Cc1ccc2c3c(ccnc13)CCO2. The highest BCUT2D eigenvalue weighted by atomic mass is 35.5. The van der Waals surface area contributed by atoms with Crippen LogP contribution < -0.4 is 34.3 Å². The number of aromatic hydroxyl groups is 2. The number of halogens is 5. The number of phenols is 2. The Morgan fingerprint density at radius 1 is 0.370 bits per heavy atom. The van der Waals surface area contributed by atoms with Crippen LogP contribution in [0.25, 0.3) is 10.9 Å². The summed E-state index contributed by atoms with van der Waals surface area (Å²) in [5.74, 6) is 3.91. The van der Waals surface area contributed by atoms with Gasteiger partial charge in [-0.25, -0.2) is 13.2 Å². The van der Waals surface area contributed by atoms with Gasteiger partial charge < -0.3 is 44.5 Å². The number of hydrogen-bond donors (Lipinski definition) is 4. The summed E-state index contributed by atoms with van der Waals surface area (Å²) in [4.78, 5) is 4.40. The van der Waals surface area contributed by atoms with E-state index in [1.807, 2.05) is 117 Å². The Morgan fingerprint density at radius 3 is 1.38 bits per heavy atom. The fraction of sp³-hybridized carbons (Fsp3) is 0.408. The molecule has 0 saturated carbocycles. The third kappa shape index (κ3) is 36.6. The molecule has 3 aliphatic carbocycles. The van der Waals surface area contributed by atoms with Crippen LogP contribution in [-0.4, -0.2) is 61.3 Å². The van der Waals surface area contributed by atoms with Crippen LogP contribution in [0.3, 0.4) is 0 Å². The van der Waals surface area contributed by atoms with Gasteiger partial charge in [0, 0.05) is 46.7 Å². The third-order valence-corrected chi connectivity index (χ3v) is 26.2. The molecular formula is C120H154Cl2F3N3O7. The van der Waals surface area contributed by atoms with Crippen LogP contribution in [-0.2, 0) is 19.3 Å². The molecule has 19 rings (SSSR count). The lowest BCUT2D eigenvalue weighted by atomic mass is 9.75. The highest BCUT2D eigenvalue weighted by molar-refractivity contribution is 6.31. The van der Waals surface area contributed by atoms with Gasteiger partial charge in [-0.15, -0.1) is 0 Å². The summed E-state index contributed by atoms with van der Waals surface area (Å²) in [6.07, 6.45) is 23.4. The van der Waals surface area contributed by atoms with Gasteiger partial charge in [0.1, 0.15) is 47.8 Å². The Balaban J connectivity index is 0.000000200. The number of benzene rings is 10. The van der Waals surface area contributed by atoms with Crippen molar-refractivity contribution in [1.82, 2.24) is 4.98 Å². The molecule has 5 aliphatic heterocycles. The van der Waals surface area contributed by atoms with Gasteiger partial charge in [-0.05, 0) is 389 Å². The molecule has 10 nitrogen and oxygen atoms in total. The number of phenolic OH excluding ortho intramolecular Hbond substituents is 2. The topological polar surface area (TPSA) is 124 Å². The number of anilines is 2. The Labute approximate surface area is 818 Å². The molecule has 0 unspecified atom stereocenters. The van der Waals surface area contributed by atoms with Crippen molar-refractivity contribution in [2.24, 2.45) is 16.2 Å². The molecule has 1 aromatic heterocycles. The molecule has 4 N–H and O–H groups in total. The van der Waals surface area contributed by atoms with E-state index in [4.69, 9.17) is 57.1 Å². The minimum atomic E-state index is -0.273. The molecule has 0 spiro atoms. The van der Waals surface area contributed by atoms with E-state index < -0.39 is 0 Å². The number of allylic oxidation sites excluding steroid dienone is 8. The first-order valence-electron chi connectivity index (χ1n) is 47.9. The molecule has 15 heteroatoms. The summed E-state index contributed by atoms with van der Waals surface area (Å²) < 4.78 is 66.1. The van der Waals surface area contributed by atoms with Crippen LogP contribution in [0.15, 0.2) is 216 Å². The van der Waals surface area contributed by atoms with Crippen LogP contribution in [0, 0.1) is 144 Å². The Morgan fingerprint density at radius 2 is 0.837 bits per heavy atom. The summed E-state index contributed by atoms with van der Waals surface area (Å²) in [5, 5.41) is 27.2. The summed E-state index contributed by atoms with van der Waals surface area (Å²) in [6.45, 7) is 62.7. The van der Waals surface area contributed by atoms with Crippen molar-refractivity contribution in [1.29, 1.82) is 0 Å². The quantitative estimate of drug-likeness (QED) is 0.109. The average Bonchev–Trinajstić information content (AvgIpc) is 0.778. The van der Waals surface area contributed by atoms with Crippen molar-refractivity contribution in [3.63, 3.8) is 0 Å². The normalized spacial score (nSPS) is 15.2. The highest BCUT2D eigenvalue weighted by Crippen LogP contribution is 2.41. The minimum Gasteiger partial charge on any atom is -0.508 e. The molecule has 0 fully saturated rings. The van der Waals surface area contributed by atoms with Crippen molar-refractivity contribution < 1.29 is 47.1 Å². The van der Waals surface area contributed by atoms with E-state index in [0.717, 1.165) is 137 Å². The Bertz CT molecular complexity index is 5470. The lowest BCUT2D eigenvalue weighted by Gasteiger charge is -2.30. The molecule has 0 radical (unpaired) electrons. The number of aryl methyl sites for hydroxylation is 12. The standard InChI is InChI=1S/C12H11NO.C11H13FO.C11H14O.C10H12FNO.C10H13NO.C10H18.C10H16.C9H16.C8H10O.C8H10.C7H7ClO.C7H7Cl.C7H7F/c1-8-2-3-10-11-9(5-7-14-10)4-6-13-12(8)11;1-7-6-10(12)11-9(8(7)2)4-3-5-13-11;1-8-5-6-11-10(9(8)2)4-3-7-12-11;1-6-5-8(11)10-9(7(6)2)12-3-4-13-10;1-7-3-4-9-10(8(7)2)11-5-6-12-9;2*1-8-5-6-10(3,4)7-9(8)2;1-8-4-6-9(2,3)7-5-8;1-6-3-4-7(2)8(9)5-6;1-7-3-5-8(2)6-4-7;1-5-2-3-6(8)4-7(5)9;2*1-6-2-4-7(8)5-3-6/h2-4,6H,5,7H2,1H3;6H,3-5H2,1-2H3;5-6H,3-4,7H2,1-2H3;5,12H,3-4H2,1-2H3;3-4,11H,5-6H2,1-2H3;5-7H2,1-4H3;5,7H,6H2,1-4H3;4H,5-7H2,1-3H3;3-5,9H,1-2H3;3-6H,1-2H3;2-4,9H,1H3;2*2-5H,1H3. The van der Waals surface area contributed by atoms with Crippen LogP contribution in [0.4, 0.5) is 24.5 Å². The second-order valence-corrected chi connectivity index (χ2v) is 40.2. The van der Waals surface area contributed by atoms with E-state index >= 15 is 0 Å². The molecule has 726 valence electrons. The number of fused-ring (bicyclic) bond motifs is 4. The first-order valence-corrected chi connectivity index (χ1v) is 48.6. The number of nitrogens with zero attached hydrogens (tertiary/aromatic N) is 1. The van der Waals surface area contributed by atoms with E-state index in [2.05, 4.69) is 213 Å². The van der Waals surface area contributed by atoms with Gasteiger partial charge in [0.25, 0.3) is 0 Å². The van der Waals surface area contributed by atoms with Gasteiger partial charge in [-0.1, -0.05) is 218 Å². The van der Waals surface area contributed by atoms with Crippen molar-refractivity contribution in [2.75, 3.05) is 56.8 Å². The maximum Gasteiger partial charge on any atom is 0.178 e. The molecule has 0 bridgehead atoms. The molecule has 135 heavy (non-hydrogen) atoms. The summed E-state index contributed by atoms with van der Waals surface area (Å²) in [7, 11) is 0. The van der Waals surface area contributed by atoms with E-state index in [1.54, 1.807) is 53.1 Å². The monoisotopic (exact) mass is 1880 g/mol. The number of pyridine rings is 1. The number of ether oxygens (including phenoxy) is 5. The molecule has 0 atom stereocenters. The summed E-state index contributed by atoms with van der Waals surface area (Å²) in [6, 6.07) is 51.0. The van der Waals surface area contributed by atoms with Crippen LogP contribution in [0.5, 0.6) is 40.2 Å². The smallest absolute Gasteiger partial charge is 0.178 e. The molecule has 0 amide bonds. The van der Waals surface area contributed by atoms with Gasteiger partial charge in [0.15, 0.2) is 23.1 Å². The average molecular weight is 1880 g/mol. The number of hydrogen-bond acceptors (Lipinski definition) is 10. The zero-order valence-electron chi connectivity index (χ0n) is 86.1. The van der Waals surface area contributed by atoms with Crippen LogP contribution >= 0.6 is 23.2 Å². The van der Waals surface area contributed by atoms with Crippen LogP contribution in [0.2, 0.25) is 10.0 Å². The van der Waals surface area contributed by atoms with Gasteiger partial charge in [0.2, 0.25) is 0 Å². The maximum absolute atomic E-state index is 13.4. The molecule has 8 aliphatic rings. The first kappa shape index (κ1) is 111. The number of rotatable bonds is 0. The predicted octanol–water partition coefficient (Wildman–Crippen LogP) is 33.7. The summed E-state index contributed by atoms with van der Waals surface area (Å²) in [5.41, 5.74) is 34.8. The molecule has 6 heterocycles. The zero-order valence-corrected chi connectivity index (χ0v) is 87.6. The lowest BCUT2D eigenvalue weighted by molar-refractivity contribution is 0.272. The Hall–Kier alpha value is -10.9. The van der Waals surface area contributed by atoms with E-state index in [-0.39, 0.29) is 23.2 Å². The van der Waals surface area contributed by atoms with Gasteiger partial charge in [0.05, 0.1) is 36.7 Å². The van der Waals surface area contributed by atoms with Crippen molar-refractivity contribution in [3.8, 4) is 40.2 Å². The molecule has 10 aromatic carbocycles. The maximum atomic E-state index is 13.4. The van der Waals surface area contributed by atoms with Crippen molar-refractivity contribution in [2.45, 2.75) is 264 Å². The number of nitrogens with one attached hydrogen (secondary N) is 2. The van der Waals surface area contributed by atoms with E-state index in [1.165, 1.54) is 159 Å². The predicted molar refractivity (Wildman–Crippen MR) is 567 cm³/mol. The van der Waals surface area contributed by atoms with Gasteiger partial charge >= 0.3 is 0 Å². The van der Waals surface area contributed by atoms with Crippen LogP contribution in [0.1, 0.15) is 240 Å². The van der Waals surface area contributed by atoms with Crippen molar-refractivity contribution >= 4 is 45.5 Å². The second-order valence-electron chi connectivity index (χ2n) is 39.3. The molecule has 11 aromatic rings. The summed E-state index contributed by atoms with van der Waals surface area (Å²) >= 11 is 11.2. The van der Waals surface area contributed by atoms with Crippen molar-refractivity contribution in [3.05, 3.63) is 349 Å². The lowest BCUT2D eigenvalue weighted by Crippen LogP contribution is -2.20. The van der Waals surface area contributed by atoms with Gasteiger partial charge in [-0.3, -0.25) is 4.98 Å². The second kappa shape index (κ2) is 53.6. The van der Waals surface area contributed by atoms with Gasteiger partial charge in [-0.2, -0.15) is 0 Å². The van der Waals surface area contributed by atoms with E-state index in [0.29, 0.717) is 51.7 Å². The zero-order chi connectivity index (χ0) is 99.6. The fourth-order valence-electron chi connectivity index (χ4n) is 15.8. The largest absolute Gasteiger partial charge is 0.508 e. The minimum absolute atomic E-state index is 0.171.